The van der Waals surface area contributed by atoms with Gasteiger partial charge in [-0.2, -0.15) is 0 Å². The zero-order valence-electron chi connectivity index (χ0n) is 45.2. The molecule has 0 aliphatic carbocycles. The number of hydrogen-bond donors (Lipinski definition) is 1. The average molecular weight is 968 g/mol. The molecule has 0 aromatic heterocycles. The summed E-state index contributed by atoms with van der Waals surface area (Å²) in [7, 11) is 0. The largest absolute Gasteiger partial charge is 0.462 e. The summed E-state index contributed by atoms with van der Waals surface area (Å²) < 4.78 is 10.7. The second-order valence-corrected chi connectivity index (χ2v) is 18.6. The second-order valence-electron chi connectivity index (χ2n) is 18.6. The number of allylic oxidation sites excluding steroid dienone is 22. The summed E-state index contributed by atoms with van der Waals surface area (Å²) in [5.41, 5.74) is 0. The van der Waals surface area contributed by atoms with Gasteiger partial charge >= 0.3 is 11.9 Å². The molecule has 1 atom stereocenters. The first-order valence-electron chi connectivity index (χ1n) is 28.7. The molecule has 1 unspecified atom stereocenters. The quantitative estimate of drug-likeness (QED) is 0.0374. The van der Waals surface area contributed by atoms with E-state index in [1.54, 1.807) is 0 Å². The molecule has 70 heavy (non-hydrogen) atoms. The minimum Gasteiger partial charge on any atom is -0.462 e. The van der Waals surface area contributed by atoms with Crippen LogP contribution in [-0.4, -0.2) is 36.4 Å². The molecule has 0 aromatic carbocycles. The number of aliphatic hydroxyl groups is 1. The van der Waals surface area contributed by atoms with Crippen LogP contribution in [0.25, 0.3) is 0 Å². The molecule has 5 heteroatoms. The maximum atomic E-state index is 12.3. The van der Waals surface area contributed by atoms with Crippen LogP contribution in [0.5, 0.6) is 0 Å². The Hall–Kier alpha value is -3.96. The van der Waals surface area contributed by atoms with Crippen LogP contribution < -0.4 is 0 Å². The Kier molecular flexibility index (Phi) is 56.0. The Morgan fingerprint density at radius 2 is 0.614 bits per heavy atom. The normalized spacial score (nSPS) is 13.2. The molecule has 0 aromatic rings. The van der Waals surface area contributed by atoms with E-state index in [0.29, 0.717) is 12.8 Å². The number of esters is 2. The summed E-state index contributed by atoms with van der Waals surface area (Å²) in [5, 5.41) is 9.65. The molecule has 5 nitrogen and oxygen atoms in total. The third-order valence-corrected chi connectivity index (χ3v) is 11.9. The van der Waals surface area contributed by atoms with E-state index in [4.69, 9.17) is 9.47 Å². The first-order valence-corrected chi connectivity index (χ1v) is 28.7. The van der Waals surface area contributed by atoms with Gasteiger partial charge in [0.05, 0.1) is 6.61 Å². The van der Waals surface area contributed by atoms with Gasteiger partial charge in [-0.3, -0.25) is 9.59 Å². The van der Waals surface area contributed by atoms with Crippen LogP contribution in [0.4, 0.5) is 0 Å². The van der Waals surface area contributed by atoms with Crippen LogP contribution in [0.2, 0.25) is 0 Å². The van der Waals surface area contributed by atoms with Gasteiger partial charge in [0, 0.05) is 12.8 Å². The van der Waals surface area contributed by atoms with E-state index in [-0.39, 0.29) is 25.2 Å². The highest BCUT2D eigenvalue weighted by molar-refractivity contribution is 5.70. The highest BCUT2D eigenvalue weighted by Crippen LogP contribution is 2.15. The molecule has 1 N–H and O–H groups in total. The van der Waals surface area contributed by atoms with Crippen LogP contribution in [-0.2, 0) is 19.1 Å². The van der Waals surface area contributed by atoms with Gasteiger partial charge in [0.15, 0.2) is 6.10 Å². The van der Waals surface area contributed by atoms with Crippen molar-refractivity contribution in [1.82, 2.24) is 0 Å². The molecule has 0 bridgehead atoms. The van der Waals surface area contributed by atoms with Crippen molar-refractivity contribution >= 4 is 11.9 Å². The van der Waals surface area contributed by atoms with Gasteiger partial charge in [-0.15, -0.1) is 0 Å². The predicted molar refractivity (Wildman–Crippen MR) is 306 cm³/mol. The van der Waals surface area contributed by atoms with Crippen molar-refractivity contribution in [2.75, 3.05) is 13.2 Å². The Labute approximate surface area is 432 Å². The van der Waals surface area contributed by atoms with Gasteiger partial charge in [0.25, 0.3) is 0 Å². The van der Waals surface area contributed by atoms with E-state index in [2.05, 4.69) is 148 Å². The molecule has 396 valence electrons. The molecule has 0 saturated carbocycles. The summed E-state index contributed by atoms with van der Waals surface area (Å²) in [6.07, 6.45) is 88.5. The van der Waals surface area contributed by atoms with Crippen molar-refractivity contribution in [1.29, 1.82) is 0 Å². The predicted octanol–water partition coefficient (Wildman–Crippen LogP) is 19.6. The minimum atomic E-state index is -0.806. The van der Waals surface area contributed by atoms with Crippen LogP contribution >= 0.6 is 0 Å². The maximum absolute atomic E-state index is 12.3. The maximum Gasteiger partial charge on any atom is 0.306 e. The van der Waals surface area contributed by atoms with E-state index in [0.717, 1.165) is 103 Å². The fourth-order valence-corrected chi connectivity index (χ4v) is 7.64. The first kappa shape index (κ1) is 66.0. The molecule has 0 saturated heterocycles. The van der Waals surface area contributed by atoms with Gasteiger partial charge in [-0.25, -0.2) is 0 Å². The first-order chi connectivity index (χ1) is 34.6. The van der Waals surface area contributed by atoms with Gasteiger partial charge in [-0.1, -0.05) is 250 Å². The van der Waals surface area contributed by atoms with E-state index in [9.17, 15) is 14.7 Å². The summed E-state index contributed by atoms with van der Waals surface area (Å²) in [6, 6.07) is 0. The lowest BCUT2D eigenvalue weighted by Crippen LogP contribution is -2.28. The van der Waals surface area contributed by atoms with Crippen molar-refractivity contribution < 1.29 is 24.2 Å². The third-order valence-electron chi connectivity index (χ3n) is 11.9. The molecule has 0 aliphatic rings. The number of carbonyl (C=O) groups is 2. The van der Waals surface area contributed by atoms with Gasteiger partial charge in [-0.05, 0) is 116 Å². The van der Waals surface area contributed by atoms with Crippen molar-refractivity contribution in [2.24, 2.45) is 0 Å². The Morgan fingerprint density at radius 1 is 0.343 bits per heavy atom. The second kappa shape index (κ2) is 59.3. The molecule has 0 fully saturated rings. The van der Waals surface area contributed by atoms with Crippen LogP contribution in [0.1, 0.15) is 245 Å². The Morgan fingerprint density at radius 3 is 0.957 bits per heavy atom. The van der Waals surface area contributed by atoms with Crippen LogP contribution in [0.3, 0.4) is 0 Å². The molecule has 0 radical (unpaired) electrons. The molecular formula is C65H106O5. The summed E-state index contributed by atoms with van der Waals surface area (Å²) in [4.78, 5) is 24.5. The van der Waals surface area contributed by atoms with Gasteiger partial charge < -0.3 is 14.6 Å². The SMILES string of the molecule is CC/C=C\C/C=C\C/C=C\C/C=C\C/C=C\C/C=C\C/C=C\C/C=C\CCCCC(=O)OC(CO)COC(=O)CCCCCCCCCCCCCCCC/C=C\C/C=C\C/C=C\CCCCCCC. The summed E-state index contributed by atoms with van der Waals surface area (Å²) in [6.45, 7) is 3.98. The van der Waals surface area contributed by atoms with Gasteiger partial charge in [0.2, 0.25) is 0 Å². The molecule has 0 amide bonds. The smallest absolute Gasteiger partial charge is 0.306 e. The van der Waals surface area contributed by atoms with Crippen LogP contribution in [0, 0.1) is 0 Å². The van der Waals surface area contributed by atoms with E-state index >= 15 is 0 Å². The monoisotopic (exact) mass is 967 g/mol. The number of aliphatic hydroxyl groups excluding tert-OH is 1. The standard InChI is InChI=1S/C65H106O5/c1-3-5-7-9-11-13-15-17-19-21-23-25-27-29-31-32-34-35-37-39-41-43-45-47-49-51-53-55-57-59-64(67)69-62-63(61-66)70-65(68)60-58-56-54-52-50-48-46-44-42-40-38-36-33-30-28-26-24-22-20-18-16-14-12-10-8-6-4-2/h6,8,12,14-15,17-18,20-21,23-24,26-27,29-30,33,38,40,44,46,50,52,63,66H,3-5,7,9-11,13,16,19,22,25,28,31-32,34-37,39,41-43,45,47-49,51,53-62H2,1-2H3/b8-6-,14-12-,17-15-,20-18-,23-21-,26-24-,29-27-,33-30-,40-38-,46-44-,52-50-. The zero-order valence-corrected chi connectivity index (χ0v) is 45.2. The molecule has 0 aliphatic heterocycles. The van der Waals surface area contributed by atoms with E-state index in [1.807, 2.05) is 0 Å². The van der Waals surface area contributed by atoms with Crippen molar-refractivity contribution in [2.45, 2.75) is 251 Å². The van der Waals surface area contributed by atoms with Gasteiger partial charge in [0.1, 0.15) is 6.61 Å². The fourth-order valence-electron chi connectivity index (χ4n) is 7.64. The van der Waals surface area contributed by atoms with Crippen molar-refractivity contribution in [3.63, 3.8) is 0 Å². The number of carbonyl (C=O) groups excluding carboxylic acids is 2. The number of hydrogen-bond acceptors (Lipinski definition) is 5. The van der Waals surface area contributed by atoms with Crippen LogP contribution in [0.15, 0.2) is 134 Å². The van der Waals surface area contributed by atoms with E-state index < -0.39 is 6.10 Å². The Bertz CT molecular complexity index is 1470. The number of ether oxygens (including phenoxy) is 2. The summed E-state index contributed by atoms with van der Waals surface area (Å²) in [5.74, 6) is -0.648. The fraction of sp³-hybridized carbons (Fsp3) is 0.631. The highest BCUT2D eigenvalue weighted by Gasteiger charge is 2.16. The van der Waals surface area contributed by atoms with E-state index in [1.165, 1.54) is 116 Å². The third kappa shape index (κ3) is 56.6. The molecular weight excluding hydrogens is 861 g/mol. The molecule has 0 spiro atoms. The lowest BCUT2D eigenvalue weighted by atomic mass is 10.0. The molecule has 0 rings (SSSR count). The zero-order chi connectivity index (χ0) is 50.6. The summed E-state index contributed by atoms with van der Waals surface area (Å²) >= 11 is 0. The average Bonchev–Trinajstić information content (AvgIpc) is 3.36. The Balaban J connectivity index is 3.61. The topological polar surface area (TPSA) is 72.8 Å². The lowest BCUT2D eigenvalue weighted by Gasteiger charge is -2.15. The number of unbranched alkanes of at least 4 members (excludes halogenated alkanes) is 21. The molecule has 0 heterocycles. The lowest BCUT2D eigenvalue weighted by molar-refractivity contribution is -0.161. The number of rotatable bonds is 51. The minimum absolute atomic E-state index is 0.0919. The van der Waals surface area contributed by atoms with Crippen molar-refractivity contribution in [3.8, 4) is 0 Å². The highest BCUT2D eigenvalue weighted by atomic mass is 16.6. The van der Waals surface area contributed by atoms with Crippen molar-refractivity contribution in [3.05, 3.63) is 134 Å².